The molecule has 3 heteroatoms. The van der Waals surface area contributed by atoms with Crippen LogP contribution in [-0.2, 0) is 9.53 Å². The van der Waals surface area contributed by atoms with Crippen LogP contribution in [0.3, 0.4) is 0 Å². The lowest BCUT2D eigenvalue weighted by molar-refractivity contribution is -0.127. The average Bonchev–Trinajstić information content (AvgIpc) is 2.33. The maximum absolute atomic E-state index is 11.5. The minimum atomic E-state index is 0.199. The molecule has 0 radical (unpaired) electrons. The van der Waals surface area contributed by atoms with Crippen LogP contribution in [0.2, 0.25) is 0 Å². The average molecular weight is 241 g/mol. The summed E-state index contributed by atoms with van der Waals surface area (Å²) < 4.78 is 5.55. The second-order valence-electron chi connectivity index (χ2n) is 5.10. The highest BCUT2D eigenvalue weighted by Gasteiger charge is 2.29. The number of piperidine rings is 1. The summed E-state index contributed by atoms with van der Waals surface area (Å²) in [7, 11) is 0. The number of nitrogens with zero attached hydrogens (tertiary/aromatic N) is 1. The Hall–Kier alpha value is -0.410. The van der Waals surface area contributed by atoms with Crippen molar-refractivity contribution in [3.63, 3.8) is 0 Å². The van der Waals surface area contributed by atoms with Gasteiger partial charge < -0.3 is 4.74 Å². The van der Waals surface area contributed by atoms with Crippen molar-refractivity contribution < 1.29 is 9.53 Å². The monoisotopic (exact) mass is 241 g/mol. The van der Waals surface area contributed by atoms with Gasteiger partial charge in [-0.15, -0.1) is 0 Å². The lowest BCUT2D eigenvalue weighted by Gasteiger charge is -2.36. The van der Waals surface area contributed by atoms with Crippen LogP contribution in [0.25, 0.3) is 0 Å². The lowest BCUT2D eigenvalue weighted by Crippen LogP contribution is -2.47. The summed E-state index contributed by atoms with van der Waals surface area (Å²) >= 11 is 0. The number of hydrogen-bond acceptors (Lipinski definition) is 3. The number of hydrogen-bond donors (Lipinski definition) is 0. The van der Waals surface area contributed by atoms with E-state index in [0.717, 1.165) is 45.6 Å². The van der Waals surface area contributed by atoms with Crippen LogP contribution >= 0.6 is 0 Å². The first kappa shape index (κ1) is 14.7. The van der Waals surface area contributed by atoms with Crippen molar-refractivity contribution in [2.24, 2.45) is 5.92 Å². The summed E-state index contributed by atoms with van der Waals surface area (Å²) in [6, 6.07) is 0.395. The van der Waals surface area contributed by atoms with Crippen LogP contribution < -0.4 is 0 Å². The van der Waals surface area contributed by atoms with Crippen molar-refractivity contribution in [2.45, 2.75) is 52.5 Å². The highest BCUT2D eigenvalue weighted by molar-refractivity contribution is 5.82. The van der Waals surface area contributed by atoms with Gasteiger partial charge in [0.1, 0.15) is 5.78 Å². The van der Waals surface area contributed by atoms with E-state index in [0.29, 0.717) is 11.8 Å². The molecule has 2 atom stereocenters. The number of ketones is 1. The molecule has 0 aromatic carbocycles. The van der Waals surface area contributed by atoms with Gasteiger partial charge in [-0.25, -0.2) is 0 Å². The van der Waals surface area contributed by atoms with E-state index >= 15 is 0 Å². The molecule has 0 N–H and O–H groups in total. The van der Waals surface area contributed by atoms with Crippen molar-refractivity contribution >= 4 is 5.78 Å². The summed E-state index contributed by atoms with van der Waals surface area (Å²) in [6.07, 6.45) is 4.16. The fourth-order valence-electron chi connectivity index (χ4n) is 2.30. The van der Waals surface area contributed by atoms with E-state index in [1.807, 2.05) is 0 Å². The first-order valence-corrected chi connectivity index (χ1v) is 7.01. The van der Waals surface area contributed by atoms with Crippen molar-refractivity contribution in [2.75, 3.05) is 26.3 Å². The minimum absolute atomic E-state index is 0.199. The van der Waals surface area contributed by atoms with E-state index < -0.39 is 0 Å². The summed E-state index contributed by atoms with van der Waals surface area (Å²) in [4.78, 5) is 14.0. The second kappa shape index (κ2) is 7.83. The van der Waals surface area contributed by atoms with Crippen molar-refractivity contribution in [3.05, 3.63) is 0 Å². The van der Waals surface area contributed by atoms with Crippen molar-refractivity contribution in [1.82, 2.24) is 4.90 Å². The van der Waals surface area contributed by atoms with Crippen molar-refractivity contribution in [1.29, 1.82) is 0 Å². The van der Waals surface area contributed by atoms with Crippen LogP contribution in [0.5, 0.6) is 0 Å². The highest BCUT2D eigenvalue weighted by atomic mass is 16.5. The van der Waals surface area contributed by atoms with Gasteiger partial charge in [0, 0.05) is 44.7 Å². The largest absolute Gasteiger partial charge is 0.381 e. The summed E-state index contributed by atoms with van der Waals surface area (Å²) in [5.41, 5.74) is 0. The maximum atomic E-state index is 11.5. The molecule has 1 aliphatic rings. The van der Waals surface area contributed by atoms with E-state index in [-0.39, 0.29) is 5.92 Å². The third-order valence-electron chi connectivity index (χ3n) is 3.83. The number of ether oxygens (including phenoxy) is 1. The Bertz CT molecular complexity index is 230. The van der Waals surface area contributed by atoms with E-state index in [2.05, 4.69) is 25.7 Å². The quantitative estimate of drug-likeness (QED) is 0.641. The fraction of sp³-hybridized carbons (Fsp3) is 0.929. The highest BCUT2D eigenvalue weighted by Crippen LogP contribution is 2.19. The van der Waals surface area contributed by atoms with Crippen molar-refractivity contribution in [3.8, 4) is 0 Å². The molecule has 0 aliphatic carbocycles. The third kappa shape index (κ3) is 4.76. The first-order valence-electron chi connectivity index (χ1n) is 7.01. The Morgan fingerprint density at radius 2 is 2.00 bits per heavy atom. The molecule has 0 spiro atoms. The molecule has 0 aromatic rings. The molecule has 17 heavy (non-hydrogen) atoms. The van der Waals surface area contributed by atoms with Gasteiger partial charge in [-0.2, -0.15) is 0 Å². The molecule has 2 unspecified atom stereocenters. The van der Waals surface area contributed by atoms with Gasteiger partial charge in [-0.1, -0.05) is 20.3 Å². The van der Waals surface area contributed by atoms with Gasteiger partial charge in [-0.3, -0.25) is 9.69 Å². The molecule has 3 nitrogen and oxygen atoms in total. The van der Waals surface area contributed by atoms with Gasteiger partial charge in [-0.05, 0) is 19.8 Å². The van der Waals surface area contributed by atoms with Crippen LogP contribution in [0.1, 0.15) is 46.5 Å². The molecule has 1 rings (SSSR count). The number of carbonyl (C=O) groups excluding carboxylic acids is 1. The normalized spacial score (nSPS) is 26.4. The Labute approximate surface area is 106 Å². The number of unbranched alkanes of at least 4 members (excludes halogenated alkanes) is 1. The molecular formula is C14H27NO2. The van der Waals surface area contributed by atoms with E-state index in [1.165, 1.54) is 6.42 Å². The zero-order valence-electron chi connectivity index (χ0n) is 11.6. The Morgan fingerprint density at radius 3 is 2.71 bits per heavy atom. The number of carbonyl (C=O) groups is 1. The summed E-state index contributed by atoms with van der Waals surface area (Å²) in [6.45, 7) is 10.1. The lowest BCUT2D eigenvalue weighted by atomic mass is 9.90. The first-order chi connectivity index (χ1) is 8.16. The maximum Gasteiger partial charge on any atom is 0.138 e. The molecule has 100 valence electrons. The number of likely N-dealkylation sites (tertiary alicyclic amines) is 1. The Morgan fingerprint density at radius 1 is 1.29 bits per heavy atom. The van der Waals surface area contributed by atoms with Crippen LogP contribution in [0.4, 0.5) is 0 Å². The molecule has 0 aromatic heterocycles. The molecule has 1 saturated heterocycles. The topological polar surface area (TPSA) is 29.5 Å². The van der Waals surface area contributed by atoms with Gasteiger partial charge >= 0.3 is 0 Å². The van der Waals surface area contributed by atoms with Gasteiger partial charge in [0.25, 0.3) is 0 Å². The van der Waals surface area contributed by atoms with Gasteiger partial charge in [0.15, 0.2) is 0 Å². The fourth-order valence-corrected chi connectivity index (χ4v) is 2.30. The van der Waals surface area contributed by atoms with E-state index in [1.54, 1.807) is 0 Å². The molecule has 0 bridgehead atoms. The SMILES string of the molecule is CCCCOCCCN1CCC(=O)C(C)C1C. The van der Waals surface area contributed by atoms with E-state index in [9.17, 15) is 4.79 Å². The standard InChI is InChI=1S/C14H27NO2/c1-4-5-10-17-11-6-8-15-9-7-14(16)12(2)13(15)3/h12-13H,4-11H2,1-3H3. The summed E-state index contributed by atoms with van der Waals surface area (Å²) in [5.74, 6) is 0.623. The Kier molecular flexibility index (Phi) is 6.75. The van der Waals surface area contributed by atoms with Gasteiger partial charge in [0.2, 0.25) is 0 Å². The van der Waals surface area contributed by atoms with E-state index in [4.69, 9.17) is 4.74 Å². The third-order valence-corrected chi connectivity index (χ3v) is 3.83. The molecule has 0 saturated carbocycles. The number of Topliss-reactive ketones (excluding diaryl/α,β-unsaturated/α-hetero) is 1. The predicted octanol–water partition coefficient (Wildman–Crippen LogP) is 2.49. The molecular weight excluding hydrogens is 214 g/mol. The zero-order chi connectivity index (χ0) is 12.7. The zero-order valence-corrected chi connectivity index (χ0v) is 11.6. The Balaban J connectivity index is 2.12. The minimum Gasteiger partial charge on any atom is -0.381 e. The smallest absolute Gasteiger partial charge is 0.138 e. The van der Waals surface area contributed by atoms with Crippen LogP contribution in [-0.4, -0.2) is 43.0 Å². The number of rotatable bonds is 7. The van der Waals surface area contributed by atoms with Crippen LogP contribution in [0.15, 0.2) is 0 Å². The predicted molar refractivity (Wildman–Crippen MR) is 70.2 cm³/mol. The van der Waals surface area contributed by atoms with Crippen LogP contribution in [0, 0.1) is 5.92 Å². The molecule has 0 amide bonds. The molecule has 1 aliphatic heterocycles. The second-order valence-corrected chi connectivity index (χ2v) is 5.10. The molecule has 1 fully saturated rings. The van der Waals surface area contributed by atoms with Gasteiger partial charge in [0.05, 0.1) is 0 Å². The molecule has 1 heterocycles. The summed E-state index contributed by atoms with van der Waals surface area (Å²) in [5, 5.41) is 0.